The minimum Gasteiger partial charge on any atom is -0.315 e. The molecule has 126 valence electrons. The van der Waals surface area contributed by atoms with Crippen LogP contribution in [0.1, 0.15) is 17.0 Å². The fourth-order valence-electron chi connectivity index (χ4n) is 2.75. The summed E-state index contributed by atoms with van der Waals surface area (Å²) in [6.07, 6.45) is 0. The molecule has 2 aromatic heterocycles. The Morgan fingerprint density at radius 1 is 1.17 bits per heavy atom. The molecule has 0 spiro atoms. The van der Waals surface area contributed by atoms with Crippen molar-refractivity contribution in [1.29, 1.82) is 0 Å². The largest absolute Gasteiger partial charge is 0.315 e. The van der Waals surface area contributed by atoms with Crippen LogP contribution in [-0.4, -0.2) is 26.2 Å². The summed E-state index contributed by atoms with van der Waals surface area (Å²) in [7, 11) is 2.08. The maximum atomic E-state index is 6.08. The number of rotatable bonds is 4. The monoisotopic (exact) mass is 382 g/mol. The predicted molar refractivity (Wildman–Crippen MR) is 98.3 cm³/mol. The van der Waals surface area contributed by atoms with Crippen molar-refractivity contribution in [2.75, 3.05) is 7.05 Å². The molecule has 0 amide bonds. The first-order valence-electron chi connectivity index (χ1n) is 7.54. The van der Waals surface area contributed by atoms with Gasteiger partial charge in [0.25, 0.3) is 5.78 Å². The fourth-order valence-corrected chi connectivity index (χ4v) is 3.40. The van der Waals surface area contributed by atoms with Gasteiger partial charge in [-0.1, -0.05) is 29.3 Å². The second-order valence-electron chi connectivity index (χ2n) is 6.00. The molecule has 3 aromatic rings. The number of aromatic nitrogens is 4. The summed E-state index contributed by atoms with van der Waals surface area (Å²) in [6, 6.07) is 7.70. The lowest BCUT2D eigenvalue weighted by Gasteiger charge is -2.14. The first-order valence-corrected chi connectivity index (χ1v) is 8.70. The number of hydrogen-bond donors (Lipinski definition) is 1. The van der Waals surface area contributed by atoms with E-state index in [0.717, 1.165) is 23.5 Å². The standard InChI is InChI=1S/C16H17Cl2N5S/c1-10-6-11(2)23-15(19-10)20-22(16(23)24)9-21(3)8-12-4-5-13(17)14(18)7-12/h4-7H,8-9H2,1-3H3/p+1. The van der Waals surface area contributed by atoms with Crippen LogP contribution < -0.4 is 4.90 Å². The van der Waals surface area contributed by atoms with Crippen molar-refractivity contribution in [3.8, 4) is 0 Å². The van der Waals surface area contributed by atoms with E-state index in [1.807, 2.05) is 47.2 Å². The molecule has 0 bridgehead atoms. The van der Waals surface area contributed by atoms with E-state index < -0.39 is 0 Å². The summed E-state index contributed by atoms with van der Waals surface area (Å²) in [5.74, 6) is 0.639. The Morgan fingerprint density at radius 2 is 1.92 bits per heavy atom. The van der Waals surface area contributed by atoms with Crippen LogP contribution >= 0.6 is 35.4 Å². The van der Waals surface area contributed by atoms with E-state index >= 15 is 0 Å². The molecule has 1 N–H and O–H groups in total. The number of hydrogen-bond acceptors (Lipinski definition) is 3. The van der Waals surface area contributed by atoms with Crippen molar-refractivity contribution in [2.45, 2.75) is 27.1 Å². The van der Waals surface area contributed by atoms with Gasteiger partial charge in [-0.15, -0.1) is 5.10 Å². The molecule has 1 unspecified atom stereocenters. The number of nitrogens with one attached hydrogen (secondary N) is 1. The van der Waals surface area contributed by atoms with E-state index in [0.29, 0.717) is 27.3 Å². The molecule has 5 nitrogen and oxygen atoms in total. The van der Waals surface area contributed by atoms with Crippen LogP contribution in [0.5, 0.6) is 0 Å². The average molecular weight is 383 g/mol. The van der Waals surface area contributed by atoms with E-state index in [2.05, 4.69) is 17.1 Å². The van der Waals surface area contributed by atoms with Crippen LogP contribution in [-0.2, 0) is 13.2 Å². The lowest BCUT2D eigenvalue weighted by molar-refractivity contribution is -0.917. The topological polar surface area (TPSA) is 39.6 Å². The summed E-state index contributed by atoms with van der Waals surface area (Å²) >= 11 is 17.6. The van der Waals surface area contributed by atoms with Gasteiger partial charge in [-0.2, -0.15) is 4.68 Å². The lowest BCUT2D eigenvalue weighted by atomic mass is 10.2. The zero-order valence-corrected chi connectivity index (χ0v) is 16.0. The van der Waals surface area contributed by atoms with Crippen molar-refractivity contribution in [1.82, 2.24) is 19.2 Å². The number of benzene rings is 1. The van der Waals surface area contributed by atoms with E-state index in [1.165, 1.54) is 4.90 Å². The Kier molecular flexibility index (Phi) is 4.92. The van der Waals surface area contributed by atoms with Gasteiger partial charge in [0.15, 0.2) is 6.67 Å². The predicted octanol–water partition coefficient (Wildman–Crippen LogP) is 2.86. The van der Waals surface area contributed by atoms with Crippen molar-refractivity contribution in [3.63, 3.8) is 0 Å². The Morgan fingerprint density at radius 3 is 2.62 bits per heavy atom. The van der Waals surface area contributed by atoms with Gasteiger partial charge in [0, 0.05) is 17.0 Å². The van der Waals surface area contributed by atoms with Crippen LogP contribution in [0.4, 0.5) is 0 Å². The quantitative estimate of drug-likeness (QED) is 0.705. The molecule has 1 atom stereocenters. The molecular weight excluding hydrogens is 365 g/mol. The third-order valence-corrected chi connectivity index (χ3v) is 4.91. The van der Waals surface area contributed by atoms with E-state index in [4.69, 9.17) is 35.4 Å². The maximum absolute atomic E-state index is 6.08. The molecule has 0 fully saturated rings. The number of aryl methyl sites for hydroxylation is 2. The number of fused-ring (bicyclic) bond motifs is 1. The molecule has 1 aromatic carbocycles. The van der Waals surface area contributed by atoms with Crippen LogP contribution in [0.15, 0.2) is 24.3 Å². The molecule has 0 saturated carbocycles. The third kappa shape index (κ3) is 3.47. The highest BCUT2D eigenvalue weighted by molar-refractivity contribution is 7.71. The second kappa shape index (κ2) is 6.80. The molecule has 2 heterocycles. The molecule has 3 rings (SSSR count). The van der Waals surface area contributed by atoms with Crippen molar-refractivity contribution in [2.24, 2.45) is 0 Å². The van der Waals surface area contributed by atoms with Crippen LogP contribution in [0.25, 0.3) is 5.78 Å². The van der Waals surface area contributed by atoms with Crippen LogP contribution in [0.3, 0.4) is 0 Å². The Bertz CT molecular complexity index is 963. The van der Waals surface area contributed by atoms with Crippen molar-refractivity contribution in [3.05, 3.63) is 56.0 Å². The summed E-state index contributed by atoms with van der Waals surface area (Å²) in [5.41, 5.74) is 3.09. The Hall–Kier alpha value is -1.47. The van der Waals surface area contributed by atoms with Gasteiger partial charge >= 0.3 is 0 Å². The average Bonchev–Trinajstić information content (AvgIpc) is 2.79. The van der Waals surface area contributed by atoms with Crippen LogP contribution in [0.2, 0.25) is 10.0 Å². The summed E-state index contributed by atoms with van der Waals surface area (Å²) in [5, 5.41) is 5.68. The lowest BCUT2D eigenvalue weighted by Crippen LogP contribution is -3.07. The minimum absolute atomic E-state index is 0.567. The Balaban J connectivity index is 1.84. The van der Waals surface area contributed by atoms with Gasteiger partial charge in [-0.25, -0.2) is 4.98 Å². The normalized spacial score (nSPS) is 12.7. The van der Waals surface area contributed by atoms with E-state index in [1.54, 1.807) is 0 Å². The highest BCUT2D eigenvalue weighted by Crippen LogP contribution is 2.22. The Labute approximate surface area is 155 Å². The first-order chi connectivity index (χ1) is 11.3. The van der Waals surface area contributed by atoms with E-state index in [9.17, 15) is 0 Å². The molecular formula is C16H18Cl2N5S+. The van der Waals surface area contributed by atoms with Crippen molar-refractivity contribution >= 4 is 41.2 Å². The number of nitrogens with zero attached hydrogens (tertiary/aromatic N) is 4. The molecule has 0 aliphatic rings. The molecule has 8 heteroatoms. The van der Waals surface area contributed by atoms with Crippen molar-refractivity contribution < 1.29 is 4.90 Å². The summed E-state index contributed by atoms with van der Waals surface area (Å²) < 4.78 is 4.37. The summed E-state index contributed by atoms with van der Waals surface area (Å²) in [4.78, 5) is 5.68. The van der Waals surface area contributed by atoms with Gasteiger partial charge in [0.1, 0.15) is 6.54 Å². The molecule has 24 heavy (non-hydrogen) atoms. The number of quaternary nitrogens is 1. The van der Waals surface area contributed by atoms with Gasteiger partial charge < -0.3 is 4.90 Å². The molecule has 0 aliphatic carbocycles. The SMILES string of the molecule is Cc1cc(C)n2c(=S)n(C[NH+](C)Cc3ccc(Cl)c(Cl)c3)nc2n1. The smallest absolute Gasteiger partial charge is 0.254 e. The van der Waals surface area contributed by atoms with E-state index in [-0.39, 0.29) is 0 Å². The maximum Gasteiger partial charge on any atom is 0.254 e. The summed E-state index contributed by atoms with van der Waals surface area (Å²) in [6.45, 7) is 5.39. The van der Waals surface area contributed by atoms with Gasteiger partial charge in [-0.3, -0.25) is 4.40 Å². The van der Waals surface area contributed by atoms with Gasteiger partial charge in [0.05, 0.1) is 17.1 Å². The van der Waals surface area contributed by atoms with Gasteiger partial charge in [0.2, 0.25) is 4.77 Å². The molecule has 0 aliphatic heterocycles. The zero-order chi connectivity index (χ0) is 17.4. The van der Waals surface area contributed by atoms with Gasteiger partial charge in [-0.05, 0) is 44.3 Å². The third-order valence-electron chi connectivity index (χ3n) is 3.78. The fraction of sp³-hybridized carbons (Fsp3) is 0.312. The zero-order valence-electron chi connectivity index (χ0n) is 13.7. The first kappa shape index (κ1) is 17.4. The minimum atomic E-state index is 0.567. The van der Waals surface area contributed by atoms with Crippen LogP contribution in [0, 0.1) is 18.6 Å². The highest BCUT2D eigenvalue weighted by Gasteiger charge is 2.12. The second-order valence-corrected chi connectivity index (χ2v) is 7.18. The highest BCUT2D eigenvalue weighted by atomic mass is 35.5. The molecule has 0 radical (unpaired) electrons. The molecule has 0 saturated heterocycles. The number of halogens is 2.